The van der Waals surface area contributed by atoms with Crippen molar-refractivity contribution in [3.8, 4) is 5.75 Å². The van der Waals surface area contributed by atoms with Crippen LogP contribution in [0, 0.1) is 20.8 Å². The Labute approximate surface area is 104 Å². The molecule has 1 rings (SSSR count). The highest BCUT2D eigenvalue weighted by atomic mass is 79.9. The molecule has 0 fully saturated rings. The second-order valence-electron chi connectivity index (χ2n) is 3.75. The van der Waals surface area contributed by atoms with Crippen LogP contribution in [0.5, 0.6) is 5.75 Å². The molecule has 0 bridgehead atoms. The van der Waals surface area contributed by atoms with Crippen LogP contribution in [0.25, 0.3) is 0 Å². The Morgan fingerprint density at radius 3 is 2.56 bits per heavy atom. The number of carboxylic acids is 1. The van der Waals surface area contributed by atoms with Crippen molar-refractivity contribution in [3.63, 3.8) is 0 Å². The number of carboxylic acid groups (broad SMARTS) is 1. The van der Waals surface area contributed by atoms with Crippen LogP contribution in [0.2, 0.25) is 0 Å². The van der Waals surface area contributed by atoms with Crippen molar-refractivity contribution in [1.82, 2.24) is 0 Å². The van der Waals surface area contributed by atoms with Crippen LogP contribution in [0.1, 0.15) is 23.1 Å². The van der Waals surface area contributed by atoms with E-state index in [1.165, 1.54) is 0 Å². The maximum atomic E-state index is 10.4. The third-order valence-corrected chi connectivity index (χ3v) is 3.35. The van der Waals surface area contributed by atoms with E-state index in [1.54, 1.807) is 0 Å². The molecule has 0 aliphatic rings. The molecule has 0 atom stereocenters. The Morgan fingerprint density at radius 2 is 2.00 bits per heavy atom. The number of halogens is 1. The highest BCUT2D eigenvalue weighted by Crippen LogP contribution is 2.31. The fourth-order valence-electron chi connectivity index (χ4n) is 1.47. The number of aliphatic carboxylic acids is 1. The lowest BCUT2D eigenvalue weighted by Gasteiger charge is -2.14. The first kappa shape index (κ1) is 13.0. The monoisotopic (exact) mass is 286 g/mol. The largest absolute Gasteiger partial charge is 0.492 e. The van der Waals surface area contributed by atoms with Crippen molar-refractivity contribution in [1.29, 1.82) is 0 Å². The number of hydrogen-bond donors (Lipinski definition) is 1. The minimum Gasteiger partial charge on any atom is -0.492 e. The van der Waals surface area contributed by atoms with Gasteiger partial charge in [0.15, 0.2) is 0 Å². The highest BCUT2D eigenvalue weighted by Gasteiger charge is 2.10. The summed E-state index contributed by atoms with van der Waals surface area (Å²) >= 11 is 3.47. The van der Waals surface area contributed by atoms with Crippen molar-refractivity contribution in [2.75, 3.05) is 6.61 Å². The predicted molar refractivity (Wildman–Crippen MR) is 66.1 cm³/mol. The van der Waals surface area contributed by atoms with E-state index in [4.69, 9.17) is 9.84 Å². The molecule has 1 aromatic rings. The van der Waals surface area contributed by atoms with E-state index in [-0.39, 0.29) is 13.0 Å². The summed E-state index contributed by atoms with van der Waals surface area (Å²) in [5.74, 6) is -0.0499. The summed E-state index contributed by atoms with van der Waals surface area (Å²) < 4.78 is 6.56. The predicted octanol–water partition coefficient (Wildman–Crippen LogP) is 3.23. The zero-order chi connectivity index (χ0) is 12.3. The first-order valence-corrected chi connectivity index (χ1v) is 5.83. The van der Waals surface area contributed by atoms with Gasteiger partial charge < -0.3 is 9.84 Å². The van der Waals surface area contributed by atoms with Gasteiger partial charge in [-0.05, 0) is 43.5 Å². The first-order valence-electron chi connectivity index (χ1n) is 5.04. The molecule has 0 saturated carbocycles. The molecule has 0 saturated heterocycles. The summed E-state index contributed by atoms with van der Waals surface area (Å²) in [6.07, 6.45) is 0.0218. The third-order valence-electron chi connectivity index (χ3n) is 2.53. The van der Waals surface area contributed by atoms with Crippen molar-refractivity contribution in [2.45, 2.75) is 27.2 Å². The second kappa shape index (κ2) is 5.34. The van der Waals surface area contributed by atoms with Crippen molar-refractivity contribution in [3.05, 3.63) is 27.2 Å². The molecular formula is C12H15BrO3. The van der Waals surface area contributed by atoms with Gasteiger partial charge in [0.05, 0.1) is 13.0 Å². The smallest absolute Gasteiger partial charge is 0.306 e. The molecule has 88 valence electrons. The molecule has 3 nitrogen and oxygen atoms in total. The van der Waals surface area contributed by atoms with Crippen LogP contribution < -0.4 is 4.74 Å². The van der Waals surface area contributed by atoms with E-state index >= 15 is 0 Å². The Hall–Kier alpha value is -1.03. The van der Waals surface area contributed by atoms with Crippen LogP contribution >= 0.6 is 15.9 Å². The molecule has 1 N–H and O–H groups in total. The van der Waals surface area contributed by atoms with E-state index < -0.39 is 5.97 Å². The minimum absolute atomic E-state index is 0.0218. The highest BCUT2D eigenvalue weighted by molar-refractivity contribution is 9.10. The van der Waals surface area contributed by atoms with Crippen molar-refractivity contribution in [2.24, 2.45) is 0 Å². The molecule has 0 aromatic heterocycles. The van der Waals surface area contributed by atoms with Crippen molar-refractivity contribution >= 4 is 21.9 Å². The average molecular weight is 287 g/mol. The summed E-state index contributed by atoms with van der Waals surface area (Å²) in [6.45, 7) is 6.14. The van der Waals surface area contributed by atoms with E-state index in [1.807, 2.05) is 26.8 Å². The van der Waals surface area contributed by atoms with Gasteiger partial charge in [-0.3, -0.25) is 4.79 Å². The maximum absolute atomic E-state index is 10.4. The molecule has 0 unspecified atom stereocenters. The molecule has 0 amide bonds. The van der Waals surface area contributed by atoms with Gasteiger partial charge in [0.25, 0.3) is 0 Å². The molecular weight excluding hydrogens is 272 g/mol. The summed E-state index contributed by atoms with van der Waals surface area (Å²) in [4.78, 5) is 10.4. The lowest BCUT2D eigenvalue weighted by atomic mass is 10.1. The lowest BCUT2D eigenvalue weighted by Crippen LogP contribution is -2.07. The molecule has 0 aliphatic heterocycles. The van der Waals surface area contributed by atoms with Crippen molar-refractivity contribution < 1.29 is 14.6 Å². The SMILES string of the molecule is Cc1cc(Br)c(C)c(C)c1OCCC(=O)O. The van der Waals surface area contributed by atoms with Gasteiger partial charge in [0.2, 0.25) is 0 Å². The van der Waals surface area contributed by atoms with Gasteiger partial charge in [-0.2, -0.15) is 0 Å². The quantitative estimate of drug-likeness (QED) is 0.924. The number of aryl methyl sites for hydroxylation is 1. The summed E-state index contributed by atoms with van der Waals surface area (Å²) in [5.41, 5.74) is 3.19. The number of hydrogen-bond acceptors (Lipinski definition) is 2. The molecule has 1 aromatic carbocycles. The van der Waals surface area contributed by atoms with Gasteiger partial charge in [0, 0.05) is 4.47 Å². The lowest BCUT2D eigenvalue weighted by molar-refractivity contribution is -0.137. The van der Waals surface area contributed by atoms with Crippen LogP contribution in [0.15, 0.2) is 10.5 Å². The van der Waals surface area contributed by atoms with E-state index in [2.05, 4.69) is 15.9 Å². The van der Waals surface area contributed by atoms with Crippen LogP contribution in [0.3, 0.4) is 0 Å². The third kappa shape index (κ3) is 2.98. The zero-order valence-corrected chi connectivity index (χ0v) is 11.2. The maximum Gasteiger partial charge on any atom is 0.306 e. The Balaban J connectivity index is 2.87. The zero-order valence-electron chi connectivity index (χ0n) is 9.63. The Morgan fingerprint density at radius 1 is 1.38 bits per heavy atom. The summed E-state index contributed by atoms with van der Waals surface area (Å²) in [6, 6.07) is 1.98. The van der Waals surface area contributed by atoms with Gasteiger partial charge in [-0.1, -0.05) is 15.9 Å². The summed E-state index contributed by atoms with van der Waals surface area (Å²) in [5, 5.41) is 8.54. The van der Waals surface area contributed by atoms with Gasteiger partial charge in [-0.15, -0.1) is 0 Å². The second-order valence-corrected chi connectivity index (χ2v) is 4.60. The fourth-order valence-corrected chi connectivity index (χ4v) is 2.11. The normalized spacial score (nSPS) is 10.2. The van der Waals surface area contributed by atoms with Crippen LogP contribution in [0.4, 0.5) is 0 Å². The van der Waals surface area contributed by atoms with Crippen LogP contribution in [-0.2, 0) is 4.79 Å². The molecule has 4 heteroatoms. The first-order chi connectivity index (χ1) is 7.43. The van der Waals surface area contributed by atoms with Crippen LogP contribution in [-0.4, -0.2) is 17.7 Å². The Bertz CT molecular complexity index is 413. The number of ether oxygens (including phenoxy) is 1. The topological polar surface area (TPSA) is 46.5 Å². The fraction of sp³-hybridized carbons (Fsp3) is 0.417. The summed E-state index contributed by atoms with van der Waals surface area (Å²) in [7, 11) is 0. The molecule has 0 spiro atoms. The number of rotatable bonds is 4. The van der Waals surface area contributed by atoms with Gasteiger partial charge >= 0.3 is 5.97 Å². The van der Waals surface area contributed by atoms with E-state index in [0.29, 0.717) is 0 Å². The molecule has 0 aliphatic carbocycles. The minimum atomic E-state index is -0.843. The molecule has 0 heterocycles. The standard InChI is InChI=1S/C12H15BrO3/c1-7-6-10(13)8(2)9(3)12(7)16-5-4-11(14)15/h6H,4-5H2,1-3H3,(H,14,15). The van der Waals surface area contributed by atoms with Gasteiger partial charge in [0.1, 0.15) is 5.75 Å². The molecule has 16 heavy (non-hydrogen) atoms. The number of carbonyl (C=O) groups is 1. The van der Waals surface area contributed by atoms with E-state index in [0.717, 1.165) is 26.9 Å². The number of benzene rings is 1. The average Bonchev–Trinajstić information content (AvgIpc) is 2.19. The van der Waals surface area contributed by atoms with Gasteiger partial charge in [-0.25, -0.2) is 0 Å². The molecule has 0 radical (unpaired) electrons. The van der Waals surface area contributed by atoms with E-state index in [9.17, 15) is 4.79 Å². The Kier molecular flexibility index (Phi) is 4.35.